The molecule has 4 rings (SSSR count). The second-order valence-corrected chi connectivity index (χ2v) is 7.57. The first kappa shape index (κ1) is 20.5. The lowest BCUT2D eigenvalue weighted by Crippen LogP contribution is -2.15. The maximum atomic E-state index is 11.6. The summed E-state index contributed by atoms with van der Waals surface area (Å²) in [4.78, 5) is 25.8. The second-order valence-electron chi connectivity index (χ2n) is 6.59. The third-order valence-corrected chi connectivity index (χ3v) is 5.53. The summed E-state index contributed by atoms with van der Waals surface area (Å²) in [5.41, 5.74) is 3.16. The Morgan fingerprint density at radius 3 is 2.61 bits per heavy atom. The van der Waals surface area contributed by atoms with Gasteiger partial charge in [0, 0.05) is 11.3 Å². The van der Waals surface area contributed by atoms with Crippen molar-refractivity contribution in [3.05, 3.63) is 66.5 Å². The molecule has 2 aromatic heterocycles. The van der Waals surface area contributed by atoms with Gasteiger partial charge < -0.3 is 15.7 Å². The smallest absolute Gasteiger partial charge is 0.300 e. The highest BCUT2D eigenvalue weighted by Gasteiger charge is 2.16. The van der Waals surface area contributed by atoms with Crippen LogP contribution in [0.4, 0.5) is 11.5 Å². The molecule has 154 valence electrons. The Morgan fingerprint density at radius 1 is 1.13 bits per heavy atom. The minimum Gasteiger partial charge on any atom is -0.394 e. The van der Waals surface area contributed by atoms with Crippen LogP contribution in [0.1, 0.15) is 18.5 Å². The van der Waals surface area contributed by atoms with Gasteiger partial charge in [0.25, 0.3) is 5.91 Å². The predicted molar refractivity (Wildman–Crippen MR) is 123 cm³/mol. The molecule has 0 aliphatic carbocycles. The minimum absolute atomic E-state index is 0.0813. The fourth-order valence-electron chi connectivity index (χ4n) is 3.04. The van der Waals surface area contributed by atoms with E-state index in [0.717, 1.165) is 21.0 Å². The number of carbonyl (C=O) groups excluding carboxylic acids is 1. The Hall–Kier alpha value is -3.80. The molecular weight excluding hydrogens is 410 g/mol. The summed E-state index contributed by atoms with van der Waals surface area (Å²) >= 11 is 1.45. The van der Waals surface area contributed by atoms with Gasteiger partial charge in [0.05, 0.1) is 12.6 Å². The molecule has 31 heavy (non-hydrogen) atoms. The third-order valence-electron chi connectivity index (χ3n) is 4.52. The van der Waals surface area contributed by atoms with Gasteiger partial charge in [-0.15, -0.1) is 0 Å². The number of nitrogens with one attached hydrogen (secondary N) is 2. The number of fused-ring (bicyclic) bond motifs is 1. The number of anilines is 2. The van der Waals surface area contributed by atoms with E-state index in [0.29, 0.717) is 17.0 Å². The first-order valence-electron chi connectivity index (χ1n) is 9.56. The van der Waals surface area contributed by atoms with Gasteiger partial charge in [-0.25, -0.2) is 15.0 Å². The number of amides is 1. The van der Waals surface area contributed by atoms with E-state index in [4.69, 9.17) is 4.98 Å². The molecule has 8 heteroatoms. The number of rotatable bonds is 6. The van der Waals surface area contributed by atoms with Gasteiger partial charge in [-0.1, -0.05) is 47.6 Å². The molecule has 0 spiro atoms. The molecule has 0 aliphatic heterocycles. The van der Waals surface area contributed by atoms with Crippen LogP contribution in [0.5, 0.6) is 0 Å². The Labute approximate surface area is 183 Å². The maximum Gasteiger partial charge on any atom is 0.300 e. The number of hydrogen-bond acceptors (Lipinski definition) is 7. The lowest BCUT2D eigenvalue weighted by molar-refractivity contribution is -0.111. The van der Waals surface area contributed by atoms with E-state index in [1.807, 2.05) is 42.5 Å². The Bertz CT molecular complexity index is 1260. The standard InChI is InChI=1S/C23H19N5O2S/c1-2-6-19(30)26-17-11-9-16(10-12-17)22-28-20-21(24-14-25-23(20)31-22)27-18(13-29)15-7-4-3-5-8-15/h3-5,7-12,14,18,29H,13H2,1H3,(H,26,30)(H,24,25,27). The molecule has 0 fully saturated rings. The SMILES string of the molecule is CC#CC(=O)Nc1ccc(-c2nc3c(NC(CO)c4ccccc4)ncnc3s2)cc1. The molecule has 1 atom stereocenters. The van der Waals surface area contributed by atoms with Gasteiger partial charge in [0.1, 0.15) is 21.7 Å². The van der Waals surface area contributed by atoms with Gasteiger partial charge >= 0.3 is 0 Å². The van der Waals surface area contributed by atoms with Crippen molar-refractivity contribution in [2.24, 2.45) is 0 Å². The number of benzene rings is 2. The van der Waals surface area contributed by atoms with Crippen LogP contribution in [-0.2, 0) is 4.79 Å². The minimum atomic E-state index is -0.349. The van der Waals surface area contributed by atoms with Crippen molar-refractivity contribution in [1.82, 2.24) is 15.0 Å². The van der Waals surface area contributed by atoms with Gasteiger partial charge in [-0.05, 0) is 42.7 Å². The molecule has 0 bridgehead atoms. The number of hydrogen-bond donors (Lipinski definition) is 3. The fourth-order valence-corrected chi connectivity index (χ4v) is 3.95. The van der Waals surface area contributed by atoms with Gasteiger partial charge in [0.2, 0.25) is 0 Å². The summed E-state index contributed by atoms with van der Waals surface area (Å²) in [6.45, 7) is 1.53. The topological polar surface area (TPSA) is 100 Å². The van der Waals surface area contributed by atoms with Crippen molar-refractivity contribution >= 4 is 39.1 Å². The van der Waals surface area contributed by atoms with E-state index >= 15 is 0 Å². The molecule has 0 saturated carbocycles. The third kappa shape index (κ3) is 4.69. The van der Waals surface area contributed by atoms with E-state index in [1.54, 1.807) is 19.1 Å². The predicted octanol–water partition coefficient (Wildman–Crippen LogP) is 3.86. The van der Waals surface area contributed by atoms with Crippen LogP contribution in [0.25, 0.3) is 20.9 Å². The molecule has 2 aromatic carbocycles. The number of thiazole rings is 1. The molecule has 1 unspecified atom stereocenters. The Kier molecular flexibility index (Phi) is 6.17. The van der Waals surface area contributed by atoms with Crippen molar-refractivity contribution in [3.8, 4) is 22.4 Å². The molecule has 0 radical (unpaired) electrons. The monoisotopic (exact) mass is 429 g/mol. The van der Waals surface area contributed by atoms with Gasteiger partial charge in [-0.2, -0.15) is 0 Å². The van der Waals surface area contributed by atoms with Crippen LogP contribution >= 0.6 is 11.3 Å². The zero-order chi connectivity index (χ0) is 21.6. The summed E-state index contributed by atoms with van der Waals surface area (Å²) in [6.07, 6.45) is 1.49. The second kappa shape index (κ2) is 9.34. The molecule has 2 heterocycles. The summed E-state index contributed by atoms with van der Waals surface area (Å²) in [5, 5.41) is 16.6. The fraction of sp³-hybridized carbons (Fsp3) is 0.130. The van der Waals surface area contributed by atoms with Gasteiger partial charge in [-0.3, -0.25) is 4.79 Å². The first-order chi connectivity index (χ1) is 15.2. The van der Waals surface area contributed by atoms with Crippen LogP contribution in [0.3, 0.4) is 0 Å². The highest BCUT2D eigenvalue weighted by molar-refractivity contribution is 7.21. The molecule has 3 N–H and O–H groups in total. The molecule has 1 amide bonds. The average molecular weight is 430 g/mol. The molecule has 0 aliphatic rings. The Balaban J connectivity index is 1.60. The lowest BCUT2D eigenvalue weighted by atomic mass is 10.1. The maximum absolute atomic E-state index is 11.6. The zero-order valence-electron chi connectivity index (χ0n) is 16.7. The number of aliphatic hydroxyl groups excluding tert-OH is 1. The van der Waals surface area contributed by atoms with E-state index in [9.17, 15) is 9.90 Å². The van der Waals surface area contributed by atoms with Crippen LogP contribution < -0.4 is 10.6 Å². The normalized spacial score (nSPS) is 11.4. The number of carbonyl (C=O) groups is 1. The van der Waals surface area contributed by atoms with Crippen molar-refractivity contribution in [2.45, 2.75) is 13.0 Å². The van der Waals surface area contributed by atoms with Crippen molar-refractivity contribution < 1.29 is 9.90 Å². The largest absolute Gasteiger partial charge is 0.394 e. The highest BCUT2D eigenvalue weighted by Crippen LogP contribution is 2.33. The molecular formula is C23H19N5O2S. The van der Waals surface area contributed by atoms with Crippen LogP contribution in [0.2, 0.25) is 0 Å². The number of aromatic nitrogens is 3. The number of nitrogens with zero attached hydrogens (tertiary/aromatic N) is 3. The summed E-state index contributed by atoms with van der Waals surface area (Å²) in [7, 11) is 0. The zero-order valence-corrected chi connectivity index (χ0v) is 17.5. The first-order valence-corrected chi connectivity index (χ1v) is 10.4. The summed E-state index contributed by atoms with van der Waals surface area (Å²) in [5.74, 6) is 5.23. The molecule has 0 saturated heterocycles. The van der Waals surface area contributed by atoms with Crippen LogP contribution in [-0.4, -0.2) is 32.6 Å². The lowest BCUT2D eigenvalue weighted by Gasteiger charge is -2.17. The molecule has 4 aromatic rings. The summed E-state index contributed by atoms with van der Waals surface area (Å²) < 4.78 is 0. The van der Waals surface area contributed by atoms with Crippen molar-refractivity contribution in [3.63, 3.8) is 0 Å². The van der Waals surface area contributed by atoms with Gasteiger partial charge in [0.15, 0.2) is 5.82 Å². The van der Waals surface area contributed by atoms with E-state index in [-0.39, 0.29) is 18.6 Å². The Morgan fingerprint density at radius 2 is 1.90 bits per heavy atom. The number of aliphatic hydroxyl groups is 1. The molecule has 7 nitrogen and oxygen atoms in total. The average Bonchev–Trinajstić information content (AvgIpc) is 3.24. The highest BCUT2D eigenvalue weighted by atomic mass is 32.1. The van der Waals surface area contributed by atoms with Crippen molar-refractivity contribution in [1.29, 1.82) is 0 Å². The van der Waals surface area contributed by atoms with E-state index in [2.05, 4.69) is 32.4 Å². The van der Waals surface area contributed by atoms with Crippen LogP contribution in [0.15, 0.2) is 60.9 Å². The quantitative estimate of drug-likeness (QED) is 0.403. The summed E-state index contributed by atoms with van der Waals surface area (Å²) in [6, 6.07) is 16.8. The van der Waals surface area contributed by atoms with Crippen molar-refractivity contribution in [2.75, 3.05) is 17.2 Å². The van der Waals surface area contributed by atoms with E-state index in [1.165, 1.54) is 17.7 Å². The van der Waals surface area contributed by atoms with E-state index < -0.39 is 0 Å². The van der Waals surface area contributed by atoms with Crippen LogP contribution in [0, 0.1) is 11.8 Å².